The predicted octanol–water partition coefficient (Wildman–Crippen LogP) is 1.53. The first-order valence-electron chi connectivity index (χ1n) is 7.93. The molecule has 0 unspecified atom stereocenters. The molecule has 0 fully saturated rings. The van der Waals surface area contributed by atoms with Crippen molar-refractivity contribution in [1.29, 1.82) is 0 Å². The molecule has 6 nitrogen and oxygen atoms in total. The summed E-state index contributed by atoms with van der Waals surface area (Å²) in [4.78, 5) is 12.0. The number of benzene rings is 1. The van der Waals surface area contributed by atoms with E-state index in [0.717, 1.165) is 5.56 Å². The number of nitrogens with zero attached hydrogens (tertiary/aromatic N) is 1. The first kappa shape index (κ1) is 22.9. The quantitative estimate of drug-likeness (QED) is 0.682. The van der Waals surface area contributed by atoms with Gasteiger partial charge in [-0.25, -0.2) is 8.42 Å². The SMILES string of the molecule is CCN(CC)S(=O)(=O)c1ccc(CCC(=O)N[C@@H](C)CN)cc1.Cl. The van der Waals surface area contributed by atoms with Gasteiger partial charge in [-0.2, -0.15) is 4.31 Å². The van der Waals surface area contributed by atoms with Crippen LogP contribution in [-0.2, 0) is 21.2 Å². The fourth-order valence-electron chi connectivity index (χ4n) is 2.20. The Hall–Kier alpha value is -1.15. The van der Waals surface area contributed by atoms with Crippen molar-refractivity contribution in [1.82, 2.24) is 9.62 Å². The Kier molecular flexibility index (Phi) is 10.1. The Bertz CT molecular complexity index is 601. The Balaban J connectivity index is 0.00000529. The fraction of sp³-hybridized carbons (Fsp3) is 0.562. The van der Waals surface area contributed by atoms with Crippen molar-refractivity contribution in [3.8, 4) is 0 Å². The van der Waals surface area contributed by atoms with Gasteiger partial charge in [-0.3, -0.25) is 4.79 Å². The van der Waals surface area contributed by atoms with Crippen LogP contribution in [0.5, 0.6) is 0 Å². The first-order chi connectivity index (χ1) is 10.8. The number of nitrogens with two attached hydrogens (primary N) is 1. The van der Waals surface area contributed by atoms with E-state index in [0.29, 0.717) is 32.5 Å². The molecule has 24 heavy (non-hydrogen) atoms. The normalized spacial score (nSPS) is 12.5. The maximum atomic E-state index is 12.4. The topological polar surface area (TPSA) is 92.5 Å². The van der Waals surface area contributed by atoms with E-state index in [4.69, 9.17) is 5.73 Å². The summed E-state index contributed by atoms with van der Waals surface area (Å²) in [5.41, 5.74) is 6.39. The second-order valence-corrected chi connectivity index (χ2v) is 7.38. The molecule has 1 atom stereocenters. The molecule has 1 rings (SSSR count). The molecule has 1 aromatic carbocycles. The molecule has 0 saturated heterocycles. The van der Waals surface area contributed by atoms with Crippen molar-refractivity contribution >= 4 is 28.3 Å². The maximum absolute atomic E-state index is 12.4. The van der Waals surface area contributed by atoms with Crippen molar-refractivity contribution in [3.05, 3.63) is 29.8 Å². The summed E-state index contributed by atoms with van der Waals surface area (Å²) in [5, 5.41) is 2.80. The van der Waals surface area contributed by atoms with Crippen LogP contribution >= 0.6 is 12.4 Å². The van der Waals surface area contributed by atoms with Crippen LogP contribution in [0.25, 0.3) is 0 Å². The average molecular weight is 378 g/mol. The van der Waals surface area contributed by atoms with Crippen LogP contribution in [0.3, 0.4) is 0 Å². The van der Waals surface area contributed by atoms with Gasteiger partial charge in [-0.05, 0) is 31.0 Å². The van der Waals surface area contributed by atoms with Crippen molar-refractivity contribution in [2.24, 2.45) is 5.73 Å². The maximum Gasteiger partial charge on any atom is 0.243 e. The van der Waals surface area contributed by atoms with E-state index in [1.807, 2.05) is 20.8 Å². The molecule has 3 N–H and O–H groups in total. The average Bonchev–Trinajstić information content (AvgIpc) is 2.54. The van der Waals surface area contributed by atoms with Gasteiger partial charge in [-0.15, -0.1) is 12.4 Å². The molecule has 0 aliphatic carbocycles. The summed E-state index contributed by atoms with van der Waals surface area (Å²) < 4.78 is 26.2. The van der Waals surface area contributed by atoms with Gasteiger partial charge < -0.3 is 11.1 Å². The number of halogens is 1. The molecule has 0 spiro atoms. The molecule has 0 bridgehead atoms. The molecule has 0 saturated carbocycles. The highest BCUT2D eigenvalue weighted by Crippen LogP contribution is 2.16. The minimum atomic E-state index is -3.43. The summed E-state index contributed by atoms with van der Waals surface area (Å²) in [6, 6.07) is 6.68. The molecule has 138 valence electrons. The van der Waals surface area contributed by atoms with Gasteiger partial charge in [0.2, 0.25) is 15.9 Å². The third-order valence-corrected chi connectivity index (χ3v) is 5.73. The summed E-state index contributed by atoms with van der Waals surface area (Å²) in [6.07, 6.45) is 0.918. The van der Waals surface area contributed by atoms with Crippen molar-refractivity contribution in [2.45, 2.75) is 44.6 Å². The lowest BCUT2D eigenvalue weighted by molar-refractivity contribution is -0.121. The number of hydrogen-bond donors (Lipinski definition) is 2. The number of carbonyl (C=O) groups excluding carboxylic acids is 1. The number of nitrogens with one attached hydrogen (secondary N) is 1. The zero-order chi connectivity index (χ0) is 17.5. The zero-order valence-corrected chi connectivity index (χ0v) is 16.1. The van der Waals surface area contributed by atoms with E-state index in [-0.39, 0.29) is 29.3 Å². The minimum absolute atomic E-state index is 0. The van der Waals surface area contributed by atoms with Gasteiger partial charge in [0.25, 0.3) is 0 Å². The Morgan fingerprint density at radius 3 is 2.21 bits per heavy atom. The van der Waals surface area contributed by atoms with Crippen LogP contribution in [0.15, 0.2) is 29.2 Å². The van der Waals surface area contributed by atoms with Crippen molar-refractivity contribution in [3.63, 3.8) is 0 Å². The monoisotopic (exact) mass is 377 g/mol. The van der Waals surface area contributed by atoms with E-state index >= 15 is 0 Å². The van der Waals surface area contributed by atoms with Gasteiger partial charge >= 0.3 is 0 Å². The van der Waals surface area contributed by atoms with Crippen LogP contribution in [0.1, 0.15) is 32.8 Å². The van der Waals surface area contributed by atoms with E-state index in [1.165, 1.54) is 4.31 Å². The Morgan fingerprint density at radius 2 is 1.75 bits per heavy atom. The fourth-order valence-corrected chi connectivity index (χ4v) is 3.66. The lowest BCUT2D eigenvalue weighted by atomic mass is 10.1. The highest BCUT2D eigenvalue weighted by Gasteiger charge is 2.21. The molecule has 0 radical (unpaired) electrons. The van der Waals surface area contributed by atoms with E-state index in [9.17, 15) is 13.2 Å². The summed E-state index contributed by atoms with van der Waals surface area (Å²) in [7, 11) is -3.43. The second kappa shape index (κ2) is 10.7. The van der Waals surface area contributed by atoms with E-state index in [2.05, 4.69) is 5.32 Å². The summed E-state index contributed by atoms with van der Waals surface area (Å²) >= 11 is 0. The van der Waals surface area contributed by atoms with Gasteiger partial charge in [0, 0.05) is 32.1 Å². The van der Waals surface area contributed by atoms with Crippen LogP contribution < -0.4 is 11.1 Å². The lowest BCUT2D eigenvalue weighted by Gasteiger charge is -2.18. The molecular weight excluding hydrogens is 350 g/mol. The molecule has 0 heterocycles. The predicted molar refractivity (Wildman–Crippen MR) is 98.8 cm³/mol. The number of rotatable bonds is 9. The number of amides is 1. The van der Waals surface area contributed by atoms with Crippen LogP contribution in [-0.4, -0.2) is 44.3 Å². The highest BCUT2D eigenvalue weighted by molar-refractivity contribution is 7.89. The molecule has 8 heteroatoms. The molecular formula is C16H28ClN3O3S. The smallest absolute Gasteiger partial charge is 0.243 e. The largest absolute Gasteiger partial charge is 0.352 e. The van der Waals surface area contributed by atoms with E-state index in [1.54, 1.807) is 24.3 Å². The third kappa shape index (κ3) is 6.39. The van der Waals surface area contributed by atoms with Gasteiger partial charge in [0.05, 0.1) is 4.90 Å². The van der Waals surface area contributed by atoms with Crippen LogP contribution in [0.4, 0.5) is 0 Å². The Labute approximate surface area is 151 Å². The van der Waals surface area contributed by atoms with Crippen LogP contribution in [0.2, 0.25) is 0 Å². The summed E-state index contributed by atoms with van der Waals surface area (Å²) in [5.74, 6) is -0.0530. The van der Waals surface area contributed by atoms with Crippen molar-refractivity contribution < 1.29 is 13.2 Å². The molecule has 1 aromatic rings. The summed E-state index contributed by atoms with van der Waals surface area (Å²) in [6.45, 7) is 6.78. The minimum Gasteiger partial charge on any atom is -0.352 e. The lowest BCUT2D eigenvalue weighted by Crippen LogP contribution is -2.37. The highest BCUT2D eigenvalue weighted by atomic mass is 35.5. The molecule has 0 aromatic heterocycles. The van der Waals surface area contributed by atoms with Gasteiger partial charge in [0.1, 0.15) is 0 Å². The van der Waals surface area contributed by atoms with Crippen LogP contribution in [0, 0.1) is 0 Å². The third-order valence-electron chi connectivity index (χ3n) is 3.67. The number of hydrogen-bond acceptors (Lipinski definition) is 4. The molecule has 0 aliphatic rings. The van der Waals surface area contributed by atoms with Gasteiger partial charge in [0.15, 0.2) is 0 Å². The first-order valence-corrected chi connectivity index (χ1v) is 9.37. The molecule has 1 amide bonds. The number of aryl methyl sites for hydroxylation is 1. The number of sulfonamides is 1. The number of carbonyl (C=O) groups is 1. The van der Waals surface area contributed by atoms with Crippen molar-refractivity contribution in [2.75, 3.05) is 19.6 Å². The van der Waals surface area contributed by atoms with E-state index < -0.39 is 10.0 Å². The standard InChI is InChI=1S/C16H27N3O3S.ClH/c1-4-19(5-2)23(21,22)15-9-6-14(7-10-15)8-11-16(20)18-13(3)12-17;/h6-7,9-10,13H,4-5,8,11-12,17H2,1-3H3,(H,18,20);1H/t13-;/m0./s1. The second-order valence-electron chi connectivity index (χ2n) is 5.44. The molecule has 0 aliphatic heterocycles. The zero-order valence-electron chi connectivity index (χ0n) is 14.5. The Morgan fingerprint density at radius 1 is 1.21 bits per heavy atom. The van der Waals surface area contributed by atoms with Gasteiger partial charge in [-0.1, -0.05) is 26.0 Å².